The zero-order valence-corrected chi connectivity index (χ0v) is 22.0. The predicted molar refractivity (Wildman–Crippen MR) is 150 cm³/mol. The number of imidazole rings is 1. The topological polar surface area (TPSA) is 82.2 Å². The molecule has 0 unspecified atom stereocenters. The van der Waals surface area contributed by atoms with Gasteiger partial charge in [0, 0.05) is 69.3 Å². The molecule has 3 aromatic heterocycles. The summed E-state index contributed by atoms with van der Waals surface area (Å²) in [5.41, 5.74) is 4.17. The summed E-state index contributed by atoms with van der Waals surface area (Å²) in [6, 6.07) is 8.02. The number of amidine groups is 1. The fourth-order valence-corrected chi connectivity index (χ4v) is 3.54. The van der Waals surface area contributed by atoms with Crippen LogP contribution < -0.4 is 10.6 Å². The number of nitrogens with zero attached hydrogens (tertiary/aromatic N) is 6. The van der Waals surface area contributed by atoms with Gasteiger partial charge in [0.15, 0.2) is 0 Å². The number of hydrogen-bond donors (Lipinski definition) is 2. The smallest absolute Gasteiger partial charge is 0.138 e. The monoisotopic (exact) mass is 476 g/mol. The average molecular weight is 477 g/mol. The molecule has 0 spiro atoms. The standard InChI is InChI=1S/C17H22N6.C8H12N2.C2H6/c1-18-15(13-16(19-2)22-8-4-3-5-9-22)21-14-6-10-23-11-7-20-17(23)12-14;1-6-4-5-8(9-3)10-7(6)2;1-2/h6-7,10-13H,2-5,8-9H2,1H3,(H,18,21);4-5H,1-3H3,(H,9,10);1-2H3/b16-13+;;. The molecule has 4 heterocycles. The second-order valence-corrected chi connectivity index (χ2v) is 7.90. The molecule has 0 aromatic carbocycles. The van der Waals surface area contributed by atoms with Crippen LogP contribution in [0.1, 0.15) is 44.4 Å². The molecule has 0 aliphatic carbocycles. The zero-order valence-electron chi connectivity index (χ0n) is 22.0. The fourth-order valence-electron chi connectivity index (χ4n) is 3.54. The Labute approximate surface area is 209 Å². The highest BCUT2D eigenvalue weighted by Crippen LogP contribution is 2.16. The van der Waals surface area contributed by atoms with E-state index in [0.29, 0.717) is 0 Å². The van der Waals surface area contributed by atoms with E-state index in [0.717, 1.165) is 47.6 Å². The second kappa shape index (κ2) is 14.6. The van der Waals surface area contributed by atoms with Crippen LogP contribution in [-0.4, -0.2) is 59.0 Å². The minimum absolute atomic E-state index is 0.758. The number of fused-ring (bicyclic) bond motifs is 1. The fraction of sp³-hybridized carbons (Fsp3) is 0.407. The molecular formula is C27H40N8. The summed E-state index contributed by atoms with van der Waals surface area (Å²) in [5.74, 6) is 2.57. The number of anilines is 2. The molecule has 0 atom stereocenters. The molecule has 1 saturated heterocycles. The van der Waals surface area contributed by atoms with Crippen LogP contribution >= 0.6 is 0 Å². The molecule has 8 nitrogen and oxygen atoms in total. The van der Waals surface area contributed by atoms with Crippen molar-refractivity contribution in [2.45, 2.75) is 47.0 Å². The maximum atomic E-state index is 4.32. The number of likely N-dealkylation sites (tertiary alicyclic amines) is 1. The van der Waals surface area contributed by atoms with Crippen LogP contribution in [0.3, 0.4) is 0 Å². The summed E-state index contributed by atoms with van der Waals surface area (Å²) in [7, 11) is 3.64. The molecule has 0 bridgehead atoms. The van der Waals surface area contributed by atoms with Crippen molar-refractivity contribution in [3.8, 4) is 0 Å². The first kappa shape index (κ1) is 27.6. The van der Waals surface area contributed by atoms with Gasteiger partial charge in [-0.2, -0.15) is 0 Å². The third kappa shape index (κ3) is 8.24. The zero-order chi connectivity index (χ0) is 25.6. The Balaban J connectivity index is 0.000000302. The van der Waals surface area contributed by atoms with E-state index in [-0.39, 0.29) is 0 Å². The molecule has 3 aromatic rings. The van der Waals surface area contributed by atoms with Gasteiger partial charge in [-0.3, -0.25) is 4.99 Å². The van der Waals surface area contributed by atoms with Gasteiger partial charge in [0.1, 0.15) is 23.1 Å². The molecule has 35 heavy (non-hydrogen) atoms. The Kier molecular flexibility index (Phi) is 11.5. The van der Waals surface area contributed by atoms with Crippen LogP contribution in [0.4, 0.5) is 11.5 Å². The molecule has 8 heteroatoms. The summed E-state index contributed by atoms with van der Waals surface area (Å²) in [6.45, 7) is 13.8. The highest BCUT2D eigenvalue weighted by atomic mass is 15.2. The van der Waals surface area contributed by atoms with Gasteiger partial charge in [0.2, 0.25) is 0 Å². The number of aliphatic imine (C=N–C) groups is 2. The highest BCUT2D eigenvalue weighted by Gasteiger charge is 2.13. The van der Waals surface area contributed by atoms with Crippen LogP contribution in [-0.2, 0) is 0 Å². The number of hydrogen-bond acceptors (Lipinski definition) is 6. The Morgan fingerprint density at radius 3 is 2.46 bits per heavy atom. The minimum atomic E-state index is 0.758. The third-order valence-corrected chi connectivity index (χ3v) is 5.63. The quantitative estimate of drug-likeness (QED) is 0.372. The van der Waals surface area contributed by atoms with Gasteiger partial charge in [-0.1, -0.05) is 19.9 Å². The van der Waals surface area contributed by atoms with Crippen molar-refractivity contribution < 1.29 is 0 Å². The van der Waals surface area contributed by atoms with Crippen molar-refractivity contribution >= 4 is 29.7 Å². The lowest BCUT2D eigenvalue weighted by Crippen LogP contribution is -2.29. The number of rotatable bonds is 5. The maximum Gasteiger partial charge on any atom is 0.138 e. The van der Waals surface area contributed by atoms with Gasteiger partial charge in [-0.05, 0) is 57.5 Å². The summed E-state index contributed by atoms with van der Waals surface area (Å²) >= 11 is 0. The largest absolute Gasteiger partial charge is 0.373 e. The van der Waals surface area contributed by atoms with Crippen LogP contribution in [0.2, 0.25) is 0 Å². The van der Waals surface area contributed by atoms with E-state index in [1.807, 2.05) is 68.9 Å². The Bertz CT molecular complexity index is 1120. The van der Waals surface area contributed by atoms with E-state index < -0.39 is 0 Å². The van der Waals surface area contributed by atoms with Crippen molar-refractivity contribution in [3.05, 3.63) is 66.0 Å². The molecule has 1 fully saturated rings. The van der Waals surface area contributed by atoms with Crippen molar-refractivity contribution in [2.24, 2.45) is 9.98 Å². The number of nitrogens with one attached hydrogen (secondary N) is 2. The van der Waals surface area contributed by atoms with Gasteiger partial charge in [0.05, 0.1) is 0 Å². The highest BCUT2D eigenvalue weighted by molar-refractivity contribution is 6.04. The Morgan fingerprint density at radius 1 is 1.09 bits per heavy atom. The first-order valence-electron chi connectivity index (χ1n) is 12.3. The van der Waals surface area contributed by atoms with Gasteiger partial charge in [-0.25, -0.2) is 15.0 Å². The van der Waals surface area contributed by atoms with E-state index in [9.17, 15) is 0 Å². The van der Waals surface area contributed by atoms with Crippen molar-refractivity contribution in [1.82, 2.24) is 19.3 Å². The van der Waals surface area contributed by atoms with Gasteiger partial charge >= 0.3 is 0 Å². The van der Waals surface area contributed by atoms with Crippen LogP contribution in [0.15, 0.2) is 64.7 Å². The predicted octanol–water partition coefficient (Wildman–Crippen LogP) is 5.57. The summed E-state index contributed by atoms with van der Waals surface area (Å²) in [5, 5.41) is 6.30. The molecule has 1 aliphatic rings. The van der Waals surface area contributed by atoms with E-state index >= 15 is 0 Å². The van der Waals surface area contributed by atoms with Gasteiger partial charge in [0.25, 0.3) is 0 Å². The van der Waals surface area contributed by atoms with E-state index in [1.165, 1.54) is 24.8 Å². The molecule has 1 aliphatic heterocycles. The summed E-state index contributed by atoms with van der Waals surface area (Å²) < 4.78 is 1.97. The SMILES string of the molecule is C=N/C(=C\C(=NC)Nc1ccn2ccnc2c1)N1CCCCC1.CC.CNc1ccc(C)c(C)n1. The first-order valence-corrected chi connectivity index (χ1v) is 12.3. The second-order valence-electron chi connectivity index (χ2n) is 7.90. The van der Waals surface area contributed by atoms with Gasteiger partial charge in [-0.15, -0.1) is 0 Å². The van der Waals surface area contributed by atoms with Gasteiger partial charge < -0.3 is 19.9 Å². The van der Waals surface area contributed by atoms with E-state index in [2.05, 4.69) is 55.2 Å². The molecule has 2 N–H and O–H groups in total. The van der Waals surface area contributed by atoms with Crippen molar-refractivity contribution in [2.75, 3.05) is 37.8 Å². The first-order chi connectivity index (χ1) is 17.0. The Hall–Kier alpha value is -3.68. The van der Waals surface area contributed by atoms with E-state index in [1.54, 1.807) is 13.2 Å². The lowest BCUT2D eigenvalue weighted by Gasteiger charge is -2.28. The van der Waals surface area contributed by atoms with E-state index in [4.69, 9.17) is 0 Å². The van der Waals surface area contributed by atoms with Crippen LogP contribution in [0, 0.1) is 13.8 Å². The molecular weight excluding hydrogens is 436 g/mol. The molecule has 188 valence electrons. The molecule has 0 amide bonds. The number of pyridine rings is 2. The lowest BCUT2D eigenvalue weighted by atomic mass is 10.1. The summed E-state index contributed by atoms with van der Waals surface area (Å²) in [6.07, 6.45) is 11.3. The van der Waals surface area contributed by atoms with Crippen LogP contribution in [0.25, 0.3) is 5.65 Å². The number of aryl methyl sites for hydroxylation is 2. The van der Waals surface area contributed by atoms with Crippen molar-refractivity contribution in [3.63, 3.8) is 0 Å². The molecule has 0 radical (unpaired) electrons. The lowest BCUT2D eigenvalue weighted by molar-refractivity contribution is 0.284. The third-order valence-electron chi connectivity index (χ3n) is 5.63. The Morgan fingerprint density at radius 2 is 1.83 bits per heavy atom. The maximum absolute atomic E-state index is 4.32. The number of aromatic nitrogens is 3. The number of piperidine rings is 1. The van der Waals surface area contributed by atoms with Crippen molar-refractivity contribution in [1.29, 1.82) is 0 Å². The minimum Gasteiger partial charge on any atom is -0.373 e. The summed E-state index contributed by atoms with van der Waals surface area (Å²) in [4.78, 5) is 19.3. The average Bonchev–Trinajstić information content (AvgIpc) is 3.38. The molecule has 0 saturated carbocycles. The van der Waals surface area contributed by atoms with Crippen LogP contribution in [0.5, 0.6) is 0 Å². The normalized spacial score (nSPS) is 13.8. The molecule has 4 rings (SSSR count).